The minimum atomic E-state index is 0.428. The highest BCUT2D eigenvalue weighted by molar-refractivity contribution is 8.00. The maximum atomic E-state index is 6.00. The van der Waals surface area contributed by atoms with Crippen LogP contribution in [0.1, 0.15) is 29.2 Å². The number of fused-ring (bicyclic) bond motifs is 2. The number of ether oxygens (including phenoxy) is 1. The quantitative estimate of drug-likeness (QED) is 0.654. The van der Waals surface area contributed by atoms with Gasteiger partial charge in [0.05, 0.1) is 6.61 Å². The van der Waals surface area contributed by atoms with E-state index in [0.717, 1.165) is 48.3 Å². The Hall–Kier alpha value is -2.09. The Labute approximate surface area is 167 Å². The molecule has 2 aromatic carbocycles. The van der Waals surface area contributed by atoms with Crippen molar-refractivity contribution in [3.63, 3.8) is 0 Å². The molecule has 0 saturated carbocycles. The Balaban J connectivity index is 1.34. The molecule has 3 heterocycles. The van der Waals surface area contributed by atoms with E-state index >= 15 is 0 Å². The van der Waals surface area contributed by atoms with Crippen molar-refractivity contribution in [2.75, 3.05) is 17.9 Å². The second-order valence-electron chi connectivity index (χ2n) is 6.79. The summed E-state index contributed by atoms with van der Waals surface area (Å²) >= 11 is 2.90. The molecule has 2 aliphatic rings. The molecule has 3 aromatic rings. The van der Waals surface area contributed by atoms with Gasteiger partial charge in [-0.25, -0.2) is 4.98 Å². The van der Waals surface area contributed by atoms with Crippen LogP contribution in [-0.4, -0.2) is 27.4 Å². The van der Waals surface area contributed by atoms with Gasteiger partial charge in [0.15, 0.2) is 0 Å². The number of anilines is 1. The van der Waals surface area contributed by atoms with Crippen LogP contribution >= 0.6 is 23.5 Å². The van der Waals surface area contributed by atoms with E-state index in [2.05, 4.69) is 61.4 Å². The van der Waals surface area contributed by atoms with E-state index in [4.69, 9.17) is 4.74 Å². The predicted octanol–water partition coefficient (Wildman–Crippen LogP) is 4.54. The number of nitrogens with zero attached hydrogens (tertiary/aromatic N) is 3. The molecule has 0 aliphatic carbocycles. The molecular formula is C20H20N4OS2. The molecule has 7 heteroatoms. The fourth-order valence-corrected chi connectivity index (χ4v) is 5.02. The molecule has 0 fully saturated rings. The summed E-state index contributed by atoms with van der Waals surface area (Å²) in [6, 6.07) is 15.8. The lowest BCUT2D eigenvalue weighted by Crippen LogP contribution is -2.36. The maximum absolute atomic E-state index is 6.00. The van der Waals surface area contributed by atoms with E-state index < -0.39 is 0 Å². The van der Waals surface area contributed by atoms with Crippen LogP contribution in [0.2, 0.25) is 0 Å². The number of benzene rings is 2. The zero-order chi connectivity index (χ0) is 18.1. The third-order valence-electron chi connectivity index (χ3n) is 5.21. The van der Waals surface area contributed by atoms with Crippen molar-refractivity contribution >= 4 is 28.6 Å². The maximum Gasteiger partial charge on any atom is 0.212 e. The summed E-state index contributed by atoms with van der Waals surface area (Å²) in [4.78, 5) is 7.87. The number of hydrogen-bond donors (Lipinski definition) is 1. The van der Waals surface area contributed by atoms with Gasteiger partial charge in [-0.05, 0) is 41.6 Å². The number of aromatic nitrogens is 2. The number of hydrogen-bond acceptors (Lipinski definition) is 7. The smallest absolute Gasteiger partial charge is 0.212 e. The molecule has 1 aromatic heterocycles. The monoisotopic (exact) mass is 396 g/mol. The van der Waals surface area contributed by atoms with Gasteiger partial charge in [0.2, 0.25) is 5.13 Å². The standard InChI is InChI=1S/C20H20N4OS2/c1-2-4-15-12-24(9-7-14(15)3-1)18-8-10-25-19-11-16(5-6-17(18)19)26-23-20-21-13-22-27-20/h1-6,11,13,18H,7-10,12H2,(H,21,22,23). The van der Waals surface area contributed by atoms with Gasteiger partial charge >= 0.3 is 0 Å². The van der Waals surface area contributed by atoms with Crippen molar-refractivity contribution in [2.45, 2.75) is 30.3 Å². The summed E-state index contributed by atoms with van der Waals surface area (Å²) in [5.74, 6) is 1.01. The SMILES string of the molecule is c1ccc2c(c1)CCN(C1CCOc3cc(SNc4ncns4)ccc31)C2. The van der Waals surface area contributed by atoms with Gasteiger partial charge in [-0.3, -0.25) is 4.90 Å². The van der Waals surface area contributed by atoms with Crippen molar-refractivity contribution in [2.24, 2.45) is 0 Å². The van der Waals surface area contributed by atoms with Crippen molar-refractivity contribution in [3.8, 4) is 5.75 Å². The normalized spacial score (nSPS) is 19.0. The average Bonchev–Trinajstić information content (AvgIpc) is 3.25. The summed E-state index contributed by atoms with van der Waals surface area (Å²) in [7, 11) is 0. The lowest BCUT2D eigenvalue weighted by atomic mass is 9.94. The summed E-state index contributed by atoms with van der Waals surface area (Å²) < 4.78 is 13.2. The van der Waals surface area contributed by atoms with Crippen molar-refractivity contribution < 1.29 is 4.74 Å². The first-order valence-corrected chi connectivity index (χ1v) is 10.7. The summed E-state index contributed by atoms with van der Waals surface area (Å²) in [6.07, 6.45) is 3.73. The molecule has 5 rings (SSSR count). The first-order valence-electron chi connectivity index (χ1n) is 9.14. The molecule has 1 atom stereocenters. The summed E-state index contributed by atoms with van der Waals surface area (Å²) in [5, 5.41) is 0.809. The molecule has 0 bridgehead atoms. The van der Waals surface area contributed by atoms with E-state index in [1.807, 2.05) is 0 Å². The Bertz CT molecular complexity index is 931. The van der Waals surface area contributed by atoms with Crippen LogP contribution in [0.4, 0.5) is 5.13 Å². The second-order valence-corrected chi connectivity index (χ2v) is 8.45. The lowest BCUT2D eigenvalue weighted by Gasteiger charge is -2.38. The highest BCUT2D eigenvalue weighted by Gasteiger charge is 2.29. The molecule has 138 valence electrons. The fourth-order valence-electron chi connectivity index (χ4n) is 3.90. The molecule has 0 radical (unpaired) electrons. The van der Waals surface area contributed by atoms with Crippen LogP contribution in [0, 0.1) is 0 Å². The van der Waals surface area contributed by atoms with Gasteiger partial charge < -0.3 is 9.46 Å². The van der Waals surface area contributed by atoms with E-state index in [1.54, 1.807) is 18.3 Å². The van der Waals surface area contributed by atoms with Gasteiger partial charge in [0, 0.05) is 47.5 Å². The molecule has 0 amide bonds. The first-order chi connectivity index (χ1) is 13.4. The first kappa shape index (κ1) is 17.0. The minimum absolute atomic E-state index is 0.428. The largest absolute Gasteiger partial charge is 0.493 e. The Morgan fingerprint density at radius 2 is 2.11 bits per heavy atom. The third kappa shape index (κ3) is 3.54. The van der Waals surface area contributed by atoms with Crippen LogP contribution < -0.4 is 9.46 Å². The number of nitrogens with one attached hydrogen (secondary N) is 1. The molecule has 5 nitrogen and oxygen atoms in total. The lowest BCUT2D eigenvalue weighted by molar-refractivity contribution is 0.127. The van der Waals surface area contributed by atoms with Gasteiger partial charge in [-0.1, -0.05) is 30.3 Å². The molecule has 1 unspecified atom stereocenters. The fraction of sp³-hybridized carbons (Fsp3) is 0.300. The summed E-state index contributed by atoms with van der Waals surface area (Å²) in [5.41, 5.74) is 4.27. The van der Waals surface area contributed by atoms with Crippen LogP contribution in [0.5, 0.6) is 5.75 Å². The Kier molecular flexibility index (Phi) is 4.73. The second kappa shape index (κ2) is 7.50. The molecule has 0 spiro atoms. The van der Waals surface area contributed by atoms with Crippen LogP contribution in [0.25, 0.3) is 0 Å². The summed E-state index contributed by atoms with van der Waals surface area (Å²) in [6.45, 7) is 2.90. The van der Waals surface area contributed by atoms with E-state index in [-0.39, 0.29) is 0 Å². The molecule has 27 heavy (non-hydrogen) atoms. The average molecular weight is 397 g/mol. The van der Waals surface area contributed by atoms with Crippen LogP contribution in [0.15, 0.2) is 53.7 Å². The molecule has 1 N–H and O–H groups in total. The molecular weight excluding hydrogens is 376 g/mol. The highest BCUT2D eigenvalue weighted by atomic mass is 32.2. The van der Waals surface area contributed by atoms with E-state index in [9.17, 15) is 0 Å². The zero-order valence-corrected chi connectivity index (χ0v) is 16.4. The van der Waals surface area contributed by atoms with Gasteiger partial charge in [-0.2, -0.15) is 4.37 Å². The van der Waals surface area contributed by atoms with Gasteiger partial charge in [0.1, 0.15) is 12.1 Å². The topological polar surface area (TPSA) is 50.3 Å². The number of rotatable bonds is 4. The van der Waals surface area contributed by atoms with Gasteiger partial charge in [-0.15, -0.1) is 0 Å². The third-order valence-corrected chi connectivity index (χ3v) is 6.71. The molecule has 0 saturated heterocycles. The van der Waals surface area contributed by atoms with E-state index in [0.29, 0.717) is 6.04 Å². The highest BCUT2D eigenvalue weighted by Crippen LogP contribution is 2.40. The van der Waals surface area contributed by atoms with Crippen molar-refractivity contribution in [1.82, 2.24) is 14.3 Å². The predicted molar refractivity (Wildman–Crippen MR) is 109 cm³/mol. The van der Waals surface area contributed by atoms with Crippen LogP contribution in [-0.2, 0) is 13.0 Å². The minimum Gasteiger partial charge on any atom is -0.493 e. The van der Waals surface area contributed by atoms with E-state index in [1.165, 1.54) is 28.2 Å². The van der Waals surface area contributed by atoms with Crippen molar-refractivity contribution in [1.29, 1.82) is 0 Å². The van der Waals surface area contributed by atoms with Crippen molar-refractivity contribution in [3.05, 3.63) is 65.5 Å². The zero-order valence-electron chi connectivity index (χ0n) is 14.8. The van der Waals surface area contributed by atoms with Gasteiger partial charge in [0.25, 0.3) is 0 Å². The van der Waals surface area contributed by atoms with Crippen LogP contribution in [0.3, 0.4) is 0 Å². The molecule has 2 aliphatic heterocycles. The Morgan fingerprint density at radius 3 is 3.00 bits per heavy atom. The Morgan fingerprint density at radius 1 is 1.19 bits per heavy atom.